The van der Waals surface area contributed by atoms with E-state index in [9.17, 15) is 8.42 Å². The molecule has 0 aliphatic heterocycles. The van der Waals surface area contributed by atoms with E-state index in [0.717, 1.165) is 17.4 Å². The summed E-state index contributed by atoms with van der Waals surface area (Å²) >= 11 is 2.54. The van der Waals surface area contributed by atoms with E-state index in [1.165, 1.54) is 17.5 Å². The van der Waals surface area contributed by atoms with E-state index in [1.807, 2.05) is 0 Å². The average molecular weight is 381 g/mol. The Labute approximate surface area is 137 Å². The van der Waals surface area contributed by atoms with Crippen LogP contribution in [0.3, 0.4) is 0 Å². The van der Waals surface area contributed by atoms with Crippen molar-refractivity contribution in [3.05, 3.63) is 23.8 Å². The van der Waals surface area contributed by atoms with Crippen molar-refractivity contribution in [2.24, 2.45) is 0 Å². The van der Waals surface area contributed by atoms with Crippen LogP contribution in [0.4, 0.5) is 5.69 Å². The van der Waals surface area contributed by atoms with E-state index >= 15 is 0 Å². The summed E-state index contributed by atoms with van der Waals surface area (Å²) in [5.41, 5.74) is 2.36. The molecule has 0 spiro atoms. The van der Waals surface area contributed by atoms with Gasteiger partial charge >= 0.3 is 125 Å². The number of nitrogens with one attached hydrogen (secondary N) is 1. The Morgan fingerprint density at radius 2 is 1.85 bits per heavy atom. The molecule has 1 N–H and O–H groups in total. The van der Waals surface area contributed by atoms with Gasteiger partial charge in [-0.3, -0.25) is 0 Å². The average Bonchev–Trinajstić information content (AvgIpc) is 2.32. The Hall–Kier alpha value is -0.222. The van der Waals surface area contributed by atoms with E-state index in [2.05, 4.69) is 58.5 Å². The molecule has 20 heavy (non-hydrogen) atoms. The molecule has 1 aromatic rings. The molecule has 0 bridgehead atoms. The SMILES string of the molecule is CCN(CC)c1ccc([As])c(CCNS(C)(=O)=O)c1.Cl. The molecule has 0 atom stereocenters. The van der Waals surface area contributed by atoms with Gasteiger partial charge in [-0.15, -0.1) is 12.4 Å². The molecule has 1 aromatic carbocycles. The van der Waals surface area contributed by atoms with Crippen molar-refractivity contribution in [1.29, 1.82) is 0 Å². The van der Waals surface area contributed by atoms with Crippen molar-refractivity contribution < 1.29 is 8.42 Å². The van der Waals surface area contributed by atoms with Crippen LogP contribution in [0.15, 0.2) is 18.2 Å². The van der Waals surface area contributed by atoms with E-state index in [-0.39, 0.29) is 12.4 Å². The van der Waals surface area contributed by atoms with Gasteiger partial charge in [-0.1, -0.05) is 0 Å². The maximum absolute atomic E-state index is 11.1. The second-order valence-corrected chi connectivity index (χ2v) is 7.25. The molecular weight excluding hydrogens is 359 g/mol. The smallest absolute Gasteiger partial charge is 0.147 e. The van der Waals surface area contributed by atoms with Gasteiger partial charge in [-0.25, -0.2) is 0 Å². The number of anilines is 1. The molecule has 1 rings (SSSR count). The third-order valence-corrected chi connectivity index (χ3v) is 4.59. The van der Waals surface area contributed by atoms with Gasteiger partial charge in [0.1, 0.15) is 0 Å². The summed E-state index contributed by atoms with van der Waals surface area (Å²) in [7, 11) is -3.11. The molecule has 0 fully saturated rings. The standard InChI is InChI=1S/C13H21AsN2O2S.ClH/c1-4-16(5-2)12-6-7-13(14)11(10-12)8-9-15-19(3,17)18;/h6-7,10,15H,4-5,8-9H2,1-3H3;1H. The summed E-state index contributed by atoms with van der Waals surface area (Å²) in [5, 5.41) is 0. The number of nitrogens with zero attached hydrogens (tertiary/aromatic N) is 1. The zero-order chi connectivity index (χ0) is 14.5. The number of rotatable bonds is 7. The van der Waals surface area contributed by atoms with Gasteiger partial charge in [0.05, 0.1) is 0 Å². The van der Waals surface area contributed by atoms with Crippen molar-refractivity contribution in [2.75, 3.05) is 30.8 Å². The summed E-state index contributed by atoms with van der Waals surface area (Å²) < 4.78 is 25.8. The normalized spacial score (nSPS) is 11.0. The Kier molecular flexibility index (Phi) is 8.83. The maximum atomic E-state index is 11.1. The van der Waals surface area contributed by atoms with Gasteiger partial charge in [-0.2, -0.15) is 0 Å². The van der Waals surface area contributed by atoms with Crippen molar-refractivity contribution in [3.8, 4) is 0 Å². The minimum absolute atomic E-state index is 0. The number of hydrogen-bond acceptors (Lipinski definition) is 3. The minimum Gasteiger partial charge on any atom is -0.147 e. The van der Waals surface area contributed by atoms with Crippen molar-refractivity contribution in [3.63, 3.8) is 0 Å². The van der Waals surface area contributed by atoms with Gasteiger partial charge in [0.15, 0.2) is 0 Å². The Morgan fingerprint density at radius 3 is 2.35 bits per heavy atom. The zero-order valence-corrected chi connectivity index (χ0v) is 15.6. The van der Waals surface area contributed by atoms with E-state index in [4.69, 9.17) is 0 Å². The largest absolute Gasteiger partial charge is 0.147 e. The predicted molar refractivity (Wildman–Crippen MR) is 89.2 cm³/mol. The first-order valence-electron chi connectivity index (χ1n) is 6.38. The molecule has 0 saturated carbocycles. The quantitative estimate of drug-likeness (QED) is 0.713. The summed E-state index contributed by atoms with van der Waals surface area (Å²) in [4.78, 5) is 2.28. The van der Waals surface area contributed by atoms with E-state index in [0.29, 0.717) is 13.0 Å². The number of hydrogen-bond donors (Lipinski definition) is 1. The van der Waals surface area contributed by atoms with Gasteiger partial charge < -0.3 is 0 Å². The first-order chi connectivity index (χ1) is 8.87. The molecule has 4 nitrogen and oxygen atoms in total. The third kappa shape index (κ3) is 6.49. The fourth-order valence-corrected chi connectivity index (χ4v) is 2.93. The van der Waals surface area contributed by atoms with Crippen LogP contribution >= 0.6 is 12.4 Å². The van der Waals surface area contributed by atoms with Crippen LogP contribution in [-0.4, -0.2) is 51.2 Å². The topological polar surface area (TPSA) is 49.4 Å². The van der Waals surface area contributed by atoms with Gasteiger partial charge in [0, 0.05) is 0 Å². The molecule has 0 aromatic heterocycles. The summed E-state index contributed by atoms with van der Waals surface area (Å²) in [6, 6.07) is 6.32. The molecule has 0 amide bonds. The second kappa shape index (κ2) is 8.93. The van der Waals surface area contributed by atoms with Crippen LogP contribution in [0.5, 0.6) is 0 Å². The number of halogens is 1. The Morgan fingerprint density at radius 1 is 1.25 bits per heavy atom. The monoisotopic (exact) mass is 380 g/mol. The first kappa shape index (κ1) is 19.8. The predicted octanol–water partition coefficient (Wildman–Crippen LogP) is 0.840. The molecular formula is C13H22AsClN2O2S. The fourth-order valence-electron chi connectivity index (χ4n) is 1.93. The molecule has 7 heteroatoms. The van der Waals surface area contributed by atoms with Gasteiger partial charge in [0.25, 0.3) is 0 Å². The van der Waals surface area contributed by atoms with Gasteiger partial charge in [0.2, 0.25) is 0 Å². The summed E-state index contributed by atoms with van der Waals surface area (Å²) in [6.07, 6.45) is 1.88. The molecule has 114 valence electrons. The molecule has 0 aliphatic carbocycles. The Bertz CT molecular complexity index is 519. The van der Waals surface area contributed by atoms with Crippen molar-refractivity contribution in [1.82, 2.24) is 4.72 Å². The molecule has 0 unspecified atom stereocenters. The second-order valence-electron chi connectivity index (χ2n) is 4.40. The van der Waals surface area contributed by atoms with Crippen LogP contribution in [0, 0.1) is 0 Å². The minimum atomic E-state index is -3.11. The van der Waals surface area contributed by atoms with Crippen LogP contribution in [-0.2, 0) is 16.4 Å². The third-order valence-electron chi connectivity index (χ3n) is 2.95. The summed E-state index contributed by atoms with van der Waals surface area (Å²) in [6.45, 7) is 6.63. The van der Waals surface area contributed by atoms with E-state index in [1.54, 1.807) is 0 Å². The zero-order valence-electron chi connectivity index (χ0n) is 12.1. The molecule has 0 aliphatic rings. The maximum Gasteiger partial charge on any atom is -0.147 e. The summed E-state index contributed by atoms with van der Waals surface area (Å²) in [5.74, 6) is 0. The molecule has 2 radical (unpaired) electrons. The van der Waals surface area contributed by atoms with Crippen LogP contribution in [0.2, 0.25) is 0 Å². The Balaban J connectivity index is 0.00000361. The van der Waals surface area contributed by atoms with Crippen LogP contribution in [0.1, 0.15) is 19.4 Å². The van der Waals surface area contributed by atoms with Crippen molar-refractivity contribution >= 4 is 49.3 Å². The number of benzene rings is 1. The van der Waals surface area contributed by atoms with Crippen LogP contribution in [0.25, 0.3) is 0 Å². The fraction of sp³-hybridized carbons (Fsp3) is 0.538. The molecule has 0 saturated heterocycles. The van der Waals surface area contributed by atoms with Crippen LogP contribution < -0.4 is 14.0 Å². The molecule has 0 heterocycles. The van der Waals surface area contributed by atoms with Gasteiger partial charge in [-0.05, 0) is 0 Å². The first-order valence-corrected chi connectivity index (χ1v) is 9.21. The van der Waals surface area contributed by atoms with Crippen molar-refractivity contribution in [2.45, 2.75) is 20.3 Å². The number of sulfonamides is 1. The van der Waals surface area contributed by atoms with E-state index < -0.39 is 10.0 Å².